The van der Waals surface area contributed by atoms with Crippen molar-refractivity contribution in [2.45, 2.75) is 31.5 Å². The van der Waals surface area contributed by atoms with Crippen molar-refractivity contribution < 1.29 is 17.9 Å². The average molecular weight is 645 g/mol. The standard InChI is InChI=1S/C37H36ClF3N4O/c38-35-31(16-8-18-34(35)37(39,40)41)26-45(27-33(29-12-3-1-4-13-29)30-14-5-2-6-15-30)23-10-24-46-32-17-7-11-28(25-32)19-22-44-36-42-20-9-21-43-36/h1-9,11-18,20-21,25,33H,10,19,22-24,26-27H2,(H,42,43,44). The molecule has 238 valence electrons. The van der Waals surface area contributed by atoms with Gasteiger partial charge in [0, 0.05) is 44.5 Å². The maximum absolute atomic E-state index is 13.7. The van der Waals surface area contributed by atoms with E-state index < -0.39 is 11.7 Å². The molecule has 46 heavy (non-hydrogen) atoms. The molecule has 9 heteroatoms. The summed E-state index contributed by atoms with van der Waals surface area (Å²) in [7, 11) is 0. The van der Waals surface area contributed by atoms with Gasteiger partial charge in [0.25, 0.3) is 0 Å². The first-order valence-corrected chi connectivity index (χ1v) is 15.6. The number of anilines is 1. The zero-order valence-electron chi connectivity index (χ0n) is 25.3. The van der Waals surface area contributed by atoms with Gasteiger partial charge in [-0.25, -0.2) is 9.97 Å². The van der Waals surface area contributed by atoms with Gasteiger partial charge < -0.3 is 10.1 Å². The van der Waals surface area contributed by atoms with E-state index in [2.05, 4.69) is 44.5 Å². The fourth-order valence-corrected chi connectivity index (χ4v) is 5.70. The van der Waals surface area contributed by atoms with E-state index in [1.165, 1.54) is 6.07 Å². The second-order valence-electron chi connectivity index (χ2n) is 11.0. The fourth-order valence-electron chi connectivity index (χ4n) is 5.41. The van der Waals surface area contributed by atoms with Crippen molar-refractivity contribution in [2.75, 3.05) is 31.6 Å². The number of halogens is 4. The van der Waals surface area contributed by atoms with Crippen molar-refractivity contribution in [3.63, 3.8) is 0 Å². The number of hydrogen-bond donors (Lipinski definition) is 1. The van der Waals surface area contributed by atoms with Crippen LogP contribution in [0, 0.1) is 0 Å². The van der Waals surface area contributed by atoms with Crippen molar-refractivity contribution in [2.24, 2.45) is 0 Å². The molecule has 0 unspecified atom stereocenters. The minimum absolute atomic E-state index is 0.0134. The largest absolute Gasteiger partial charge is 0.494 e. The van der Waals surface area contributed by atoms with Gasteiger partial charge in [0.2, 0.25) is 5.95 Å². The summed E-state index contributed by atoms with van der Waals surface area (Å²) in [5, 5.41) is 2.96. The Morgan fingerprint density at radius 3 is 2.15 bits per heavy atom. The monoisotopic (exact) mass is 644 g/mol. The Kier molecular flexibility index (Phi) is 11.6. The fraction of sp³-hybridized carbons (Fsp3) is 0.243. The predicted molar refractivity (Wildman–Crippen MR) is 177 cm³/mol. The Morgan fingerprint density at radius 2 is 1.48 bits per heavy atom. The van der Waals surface area contributed by atoms with E-state index in [9.17, 15) is 13.2 Å². The van der Waals surface area contributed by atoms with E-state index in [0.717, 1.165) is 34.9 Å². The molecule has 0 aliphatic rings. The number of nitrogens with zero attached hydrogens (tertiary/aromatic N) is 3. The SMILES string of the molecule is FC(F)(F)c1cccc(CN(CCCOc2cccc(CCNc3ncccn3)c2)CC(c2ccccc2)c2ccccc2)c1Cl. The highest BCUT2D eigenvalue weighted by Gasteiger charge is 2.34. The van der Waals surface area contributed by atoms with E-state index in [0.29, 0.717) is 44.2 Å². The normalized spacial score (nSPS) is 11.6. The molecule has 1 aromatic heterocycles. The molecule has 5 aromatic rings. The third kappa shape index (κ3) is 9.55. The van der Waals surface area contributed by atoms with Crippen LogP contribution in [0.15, 0.2) is 122 Å². The van der Waals surface area contributed by atoms with Gasteiger partial charge in [-0.2, -0.15) is 13.2 Å². The van der Waals surface area contributed by atoms with Gasteiger partial charge in [0.05, 0.1) is 17.2 Å². The minimum Gasteiger partial charge on any atom is -0.494 e. The summed E-state index contributed by atoms with van der Waals surface area (Å²) in [4.78, 5) is 10.5. The topological polar surface area (TPSA) is 50.3 Å². The Balaban J connectivity index is 1.27. The molecule has 5 rings (SSSR count). The molecular formula is C37H36ClF3N4O. The van der Waals surface area contributed by atoms with Crippen molar-refractivity contribution >= 4 is 17.5 Å². The van der Waals surface area contributed by atoms with Crippen molar-refractivity contribution in [1.82, 2.24) is 14.9 Å². The van der Waals surface area contributed by atoms with Gasteiger partial charge in [0.15, 0.2) is 0 Å². The highest BCUT2D eigenvalue weighted by atomic mass is 35.5. The summed E-state index contributed by atoms with van der Waals surface area (Å²) in [5.41, 5.74) is 3.02. The molecule has 0 saturated carbocycles. The summed E-state index contributed by atoms with van der Waals surface area (Å²) in [6, 6.07) is 34.2. The van der Waals surface area contributed by atoms with Crippen LogP contribution in [0.25, 0.3) is 0 Å². The van der Waals surface area contributed by atoms with Crippen LogP contribution in [-0.4, -0.2) is 41.1 Å². The molecule has 0 radical (unpaired) electrons. The average Bonchev–Trinajstić information content (AvgIpc) is 3.07. The second-order valence-corrected chi connectivity index (χ2v) is 11.4. The van der Waals surface area contributed by atoms with Gasteiger partial charge in [0.1, 0.15) is 5.75 Å². The Morgan fingerprint density at radius 1 is 0.804 bits per heavy atom. The van der Waals surface area contributed by atoms with Crippen LogP contribution in [0.2, 0.25) is 5.02 Å². The minimum atomic E-state index is -4.53. The Labute approximate surface area is 273 Å². The molecular weight excluding hydrogens is 609 g/mol. The highest BCUT2D eigenvalue weighted by Crippen LogP contribution is 2.37. The summed E-state index contributed by atoms with van der Waals surface area (Å²) < 4.78 is 47.2. The van der Waals surface area contributed by atoms with Crippen LogP contribution in [0.4, 0.5) is 19.1 Å². The lowest BCUT2D eigenvalue weighted by Gasteiger charge is -2.29. The molecule has 0 saturated heterocycles. The van der Waals surface area contributed by atoms with Gasteiger partial charge in [-0.1, -0.05) is 96.5 Å². The van der Waals surface area contributed by atoms with Gasteiger partial charge >= 0.3 is 6.18 Å². The lowest BCUT2D eigenvalue weighted by atomic mass is 9.90. The van der Waals surface area contributed by atoms with Crippen molar-refractivity contribution in [1.29, 1.82) is 0 Å². The van der Waals surface area contributed by atoms with Crippen LogP contribution in [0.1, 0.15) is 40.2 Å². The summed E-state index contributed by atoms with van der Waals surface area (Å²) >= 11 is 6.35. The highest BCUT2D eigenvalue weighted by molar-refractivity contribution is 6.32. The zero-order chi connectivity index (χ0) is 32.2. The molecule has 0 fully saturated rings. The number of benzene rings is 4. The van der Waals surface area contributed by atoms with E-state index in [1.807, 2.05) is 60.7 Å². The zero-order valence-corrected chi connectivity index (χ0v) is 26.1. The number of nitrogens with one attached hydrogen (secondary N) is 1. The number of rotatable bonds is 15. The van der Waals surface area contributed by atoms with E-state index in [-0.39, 0.29) is 17.5 Å². The number of aromatic nitrogens is 2. The molecule has 0 bridgehead atoms. The van der Waals surface area contributed by atoms with Crippen molar-refractivity contribution in [3.05, 3.63) is 154 Å². The van der Waals surface area contributed by atoms with Gasteiger partial charge in [-0.3, -0.25) is 4.90 Å². The molecule has 5 nitrogen and oxygen atoms in total. The summed E-state index contributed by atoms with van der Waals surface area (Å²) in [6.45, 7) is 2.60. The Hall–Kier alpha value is -4.40. The maximum atomic E-state index is 13.7. The molecule has 1 heterocycles. The smallest absolute Gasteiger partial charge is 0.417 e. The summed E-state index contributed by atoms with van der Waals surface area (Å²) in [5.74, 6) is 1.37. The van der Waals surface area contributed by atoms with Crippen LogP contribution in [-0.2, 0) is 19.1 Å². The van der Waals surface area contributed by atoms with Crippen LogP contribution in [0.5, 0.6) is 5.75 Å². The first-order valence-electron chi connectivity index (χ1n) is 15.3. The third-order valence-corrected chi connectivity index (χ3v) is 8.12. The maximum Gasteiger partial charge on any atom is 0.417 e. The second kappa shape index (κ2) is 16.2. The number of ether oxygens (including phenoxy) is 1. The van der Waals surface area contributed by atoms with Crippen LogP contribution >= 0.6 is 11.6 Å². The van der Waals surface area contributed by atoms with Crippen LogP contribution in [0.3, 0.4) is 0 Å². The quantitative estimate of drug-likeness (QED) is 0.115. The molecule has 0 aliphatic carbocycles. The Bertz CT molecular complexity index is 1600. The number of alkyl halides is 3. The van der Waals surface area contributed by atoms with E-state index in [1.54, 1.807) is 24.5 Å². The van der Waals surface area contributed by atoms with Gasteiger partial charge in [-0.05, 0) is 59.4 Å². The first kappa shape index (κ1) is 33.0. The third-order valence-electron chi connectivity index (χ3n) is 7.67. The van der Waals surface area contributed by atoms with E-state index in [4.69, 9.17) is 16.3 Å². The number of hydrogen-bond acceptors (Lipinski definition) is 5. The molecule has 0 aliphatic heterocycles. The molecule has 4 aromatic carbocycles. The molecule has 0 spiro atoms. The first-order chi connectivity index (χ1) is 22.4. The van der Waals surface area contributed by atoms with Crippen molar-refractivity contribution in [3.8, 4) is 5.75 Å². The lowest BCUT2D eigenvalue weighted by Crippen LogP contribution is -2.31. The predicted octanol–water partition coefficient (Wildman–Crippen LogP) is 8.91. The summed E-state index contributed by atoms with van der Waals surface area (Å²) in [6.07, 6.45) is 0.318. The lowest BCUT2D eigenvalue weighted by molar-refractivity contribution is -0.137. The van der Waals surface area contributed by atoms with E-state index >= 15 is 0 Å². The molecule has 0 atom stereocenters. The van der Waals surface area contributed by atoms with Gasteiger partial charge in [-0.15, -0.1) is 0 Å². The van der Waals surface area contributed by atoms with Crippen LogP contribution < -0.4 is 10.1 Å². The molecule has 1 N–H and O–H groups in total. The molecule has 0 amide bonds.